The average Bonchev–Trinajstić information content (AvgIpc) is 3.17. The zero-order valence-corrected chi connectivity index (χ0v) is 19.5. The lowest BCUT2D eigenvalue weighted by Gasteiger charge is -2.16. The monoisotopic (exact) mass is 499 g/mol. The van der Waals surface area contributed by atoms with Crippen LogP contribution in [0.4, 0.5) is 0 Å². The second-order valence-corrected chi connectivity index (χ2v) is 8.28. The predicted molar refractivity (Wildman–Crippen MR) is 128 cm³/mol. The minimum atomic E-state index is 0.363. The van der Waals surface area contributed by atoms with E-state index in [1.54, 1.807) is 0 Å². The van der Waals surface area contributed by atoms with Gasteiger partial charge in [-0.25, -0.2) is 4.98 Å². The average molecular weight is 501 g/mol. The topological polar surface area (TPSA) is 59.2 Å². The van der Waals surface area contributed by atoms with E-state index in [9.17, 15) is 0 Å². The van der Waals surface area contributed by atoms with Gasteiger partial charge in [0.2, 0.25) is 0 Å². The first-order valence-electron chi connectivity index (χ1n) is 10.1. The summed E-state index contributed by atoms with van der Waals surface area (Å²) >= 11 is 9.89. The lowest BCUT2D eigenvalue weighted by Crippen LogP contribution is -2.14. The molecule has 0 bridgehead atoms. The van der Waals surface area contributed by atoms with Crippen LogP contribution in [0.15, 0.2) is 65.1 Å². The second-order valence-electron chi connectivity index (χ2n) is 7.02. The number of halogens is 2. The van der Waals surface area contributed by atoms with Crippen LogP contribution in [0, 0.1) is 0 Å². The maximum absolute atomic E-state index is 6.25. The summed E-state index contributed by atoms with van der Waals surface area (Å²) in [5.41, 5.74) is 4.02. The van der Waals surface area contributed by atoms with Crippen molar-refractivity contribution in [1.29, 1.82) is 0 Å². The first-order chi connectivity index (χ1) is 15.1. The predicted octanol–water partition coefficient (Wildman–Crippen LogP) is 6.25. The van der Waals surface area contributed by atoms with E-state index >= 15 is 0 Å². The molecule has 0 aliphatic rings. The SMILES string of the molecule is CCOc1cc(CNCc2nc3ccccc3[nH]2)cc(Br)c1OCc1ccccc1Cl. The largest absolute Gasteiger partial charge is 0.490 e. The third-order valence-corrected chi connectivity index (χ3v) is 5.72. The van der Waals surface area contributed by atoms with Gasteiger partial charge in [-0.15, -0.1) is 0 Å². The molecule has 2 N–H and O–H groups in total. The highest BCUT2D eigenvalue weighted by atomic mass is 79.9. The molecule has 31 heavy (non-hydrogen) atoms. The number of imidazole rings is 1. The molecular formula is C24H23BrClN3O2. The summed E-state index contributed by atoms with van der Waals surface area (Å²) in [6.07, 6.45) is 0. The van der Waals surface area contributed by atoms with Crippen LogP contribution in [0.5, 0.6) is 11.5 Å². The number of hydrogen-bond donors (Lipinski definition) is 2. The van der Waals surface area contributed by atoms with Gasteiger partial charge in [0.15, 0.2) is 11.5 Å². The summed E-state index contributed by atoms with van der Waals surface area (Å²) in [5, 5.41) is 4.12. The van der Waals surface area contributed by atoms with Crippen molar-refractivity contribution < 1.29 is 9.47 Å². The third-order valence-electron chi connectivity index (χ3n) is 4.76. The smallest absolute Gasteiger partial charge is 0.175 e. The van der Waals surface area contributed by atoms with E-state index in [0.717, 1.165) is 32.5 Å². The summed E-state index contributed by atoms with van der Waals surface area (Å²) in [4.78, 5) is 7.93. The van der Waals surface area contributed by atoms with E-state index in [1.807, 2.05) is 67.6 Å². The van der Waals surface area contributed by atoms with Crippen molar-refractivity contribution in [2.45, 2.75) is 26.6 Å². The number of nitrogens with one attached hydrogen (secondary N) is 2. The van der Waals surface area contributed by atoms with Crippen molar-refractivity contribution in [2.24, 2.45) is 0 Å². The Bertz CT molecular complexity index is 1150. The standard InChI is InChI=1S/C24H23BrClN3O2/c1-2-30-22-12-16(13-27-14-23-28-20-9-5-6-10-21(20)29-23)11-18(25)24(22)31-15-17-7-3-4-8-19(17)26/h3-12,27H,2,13-15H2,1H3,(H,28,29). The molecular weight excluding hydrogens is 478 g/mol. The Balaban J connectivity index is 1.43. The molecule has 1 aromatic heterocycles. The quantitative estimate of drug-likeness (QED) is 0.285. The molecule has 0 aliphatic heterocycles. The second kappa shape index (κ2) is 10.2. The van der Waals surface area contributed by atoms with Gasteiger partial charge in [0.1, 0.15) is 12.4 Å². The van der Waals surface area contributed by atoms with E-state index in [4.69, 9.17) is 21.1 Å². The van der Waals surface area contributed by atoms with E-state index < -0.39 is 0 Å². The van der Waals surface area contributed by atoms with Crippen LogP contribution in [0.25, 0.3) is 11.0 Å². The van der Waals surface area contributed by atoms with E-state index in [2.05, 4.69) is 31.2 Å². The minimum absolute atomic E-state index is 0.363. The maximum atomic E-state index is 6.25. The van der Waals surface area contributed by atoms with Gasteiger partial charge in [-0.1, -0.05) is 41.9 Å². The van der Waals surface area contributed by atoms with Crippen LogP contribution < -0.4 is 14.8 Å². The number of hydrogen-bond acceptors (Lipinski definition) is 4. The molecule has 5 nitrogen and oxygen atoms in total. The van der Waals surface area contributed by atoms with Crippen LogP contribution in [0.3, 0.4) is 0 Å². The zero-order valence-electron chi connectivity index (χ0n) is 17.1. The molecule has 0 saturated heterocycles. The summed E-state index contributed by atoms with van der Waals surface area (Å²) in [7, 11) is 0. The van der Waals surface area contributed by atoms with Gasteiger partial charge in [-0.2, -0.15) is 0 Å². The highest BCUT2D eigenvalue weighted by molar-refractivity contribution is 9.10. The Hall–Kier alpha value is -2.54. The molecule has 4 aromatic rings. The first-order valence-corrected chi connectivity index (χ1v) is 11.3. The number of fused-ring (bicyclic) bond motifs is 1. The van der Waals surface area contributed by atoms with E-state index in [-0.39, 0.29) is 0 Å². The normalized spacial score (nSPS) is 11.1. The Labute approximate surface area is 194 Å². The summed E-state index contributed by atoms with van der Waals surface area (Å²) in [5.74, 6) is 2.28. The number of nitrogens with zero attached hydrogens (tertiary/aromatic N) is 1. The maximum Gasteiger partial charge on any atom is 0.175 e. The number of H-pyrrole nitrogens is 1. The van der Waals surface area contributed by atoms with Crippen molar-refractivity contribution >= 4 is 38.6 Å². The molecule has 0 aliphatic carbocycles. The summed E-state index contributed by atoms with van der Waals surface area (Å²) in [6.45, 7) is 4.17. The molecule has 0 unspecified atom stereocenters. The highest BCUT2D eigenvalue weighted by Crippen LogP contribution is 2.37. The molecule has 0 fully saturated rings. The molecule has 0 saturated carbocycles. The van der Waals surface area contributed by atoms with Crippen molar-refractivity contribution in [1.82, 2.24) is 15.3 Å². The summed E-state index contributed by atoms with van der Waals surface area (Å²) in [6, 6.07) is 19.7. The van der Waals surface area contributed by atoms with E-state index in [0.29, 0.717) is 42.8 Å². The van der Waals surface area contributed by atoms with Crippen LogP contribution in [0.2, 0.25) is 5.02 Å². The zero-order chi connectivity index (χ0) is 21.6. The van der Waals surface area contributed by atoms with Gasteiger partial charge in [0, 0.05) is 17.1 Å². The third kappa shape index (κ3) is 5.39. The van der Waals surface area contributed by atoms with Crippen LogP contribution in [0.1, 0.15) is 23.9 Å². The Morgan fingerprint density at radius 1 is 1.03 bits per heavy atom. The molecule has 0 spiro atoms. The van der Waals surface area contributed by atoms with Crippen LogP contribution in [-0.4, -0.2) is 16.6 Å². The first kappa shape index (κ1) is 21.7. The van der Waals surface area contributed by atoms with E-state index in [1.165, 1.54) is 0 Å². The van der Waals surface area contributed by atoms with Crippen molar-refractivity contribution in [3.8, 4) is 11.5 Å². The number of aromatic nitrogens is 2. The molecule has 0 amide bonds. The number of benzene rings is 3. The number of rotatable bonds is 9. The van der Waals surface area contributed by atoms with Crippen LogP contribution in [-0.2, 0) is 19.7 Å². The summed E-state index contributed by atoms with van der Waals surface area (Å²) < 4.78 is 12.7. The molecule has 3 aromatic carbocycles. The van der Waals surface area contributed by atoms with Gasteiger partial charge >= 0.3 is 0 Å². The van der Waals surface area contributed by atoms with Gasteiger partial charge in [0.25, 0.3) is 0 Å². The number of ether oxygens (including phenoxy) is 2. The molecule has 4 rings (SSSR count). The number of para-hydroxylation sites is 2. The fourth-order valence-corrected chi connectivity index (χ4v) is 4.10. The number of aromatic amines is 1. The molecule has 0 radical (unpaired) electrons. The minimum Gasteiger partial charge on any atom is -0.490 e. The van der Waals surface area contributed by atoms with Crippen LogP contribution >= 0.6 is 27.5 Å². The van der Waals surface area contributed by atoms with Crippen molar-refractivity contribution in [3.05, 3.63) is 87.1 Å². The fourth-order valence-electron chi connectivity index (χ4n) is 3.31. The lowest BCUT2D eigenvalue weighted by atomic mass is 10.2. The van der Waals surface area contributed by atoms with Gasteiger partial charge in [-0.05, 0) is 58.7 Å². The lowest BCUT2D eigenvalue weighted by molar-refractivity contribution is 0.267. The fraction of sp³-hybridized carbons (Fsp3) is 0.208. The van der Waals surface area contributed by atoms with Crippen molar-refractivity contribution in [2.75, 3.05) is 6.61 Å². The van der Waals surface area contributed by atoms with Gasteiger partial charge in [0.05, 0.1) is 28.7 Å². The Kier molecular flexibility index (Phi) is 7.12. The molecule has 7 heteroatoms. The Morgan fingerprint density at radius 3 is 2.65 bits per heavy atom. The molecule has 160 valence electrons. The van der Waals surface area contributed by atoms with Gasteiger partial charge < -0.3 is 19.8 Å². The Morgan fingerprint density at radius 2 is 1.84 bits per heavy atom. The van der Waals surface area contributed by atoms with Crippen molar-refractivity contribution in [3.63, 3.8) is 0 Å². The molecule has 0 atom stereocenters. The highest BCUT2D eigenvalue weighted by Gasteiger charge is 2.13. The van der Waals surface area contributed by atoms with Gasteiger partial charge in [-0.3, -0.25) is 0 Å². The molecule has 1 heterocycles.